The van der Waals surface area contributed by atoms with Gasteiger partial charge in [0, 0.05) is 31.7 Å². The summed E-state index contributed by atoms with van der Waals surface area (Å²) in [4.78, 5) is 14.1. The predicted molar refractivity (Wildman–Crippen MR) is 86.3 cm³/mol. The van der Waals surface area contributed by atoms with Crippen LogP contribution in [0.5, 0.6) is 0 Å². The lowest BCUT2D eigenvalue weighted by Crippen LogP contribution is -2.47. The first-order valence-corrected chi connectivity index (χ1v) is 8.15. The highest BCUT2D eigenvalue weighted by molar-refractivity contribution is 5.67. The van der Waals surface area contributed by atoms with Gasteiger partial charge in [-0.05, 0) is 59.8 Å². The topological polar surface area (TPSA) is 67.6 Å². The molecule has 1 unspecified atom stereocenters. The molecule has 1 aliphatic carbocycles. The Morgan fingerprint density at radius 2 is 2.00 bits per heavy atom. The summed E-state index contributed by atoms with van der Waals surface area (Å²) in [5, 5.41) is 2.82. The summed E-state index contributed by atoms with van der Waals surface area (Å²) in [5.74, 6) is 0.847. The standard InChI is InChI=1S/C16H33N3O2/c1-12(2)19(11-13-6-7-13)14(10-17)8-9-18-15(20)21-16(3,4)5/h12-14H,6-11,17H2,1-5H3,(H,18,20). The molecule has 1 saturated carbocycles. The molecule has 0 aromatic heterocycles. The number of ether oxygens (including phenoxy) is 1. The molecule has 0 aromatic rings. The van der Waals surface area contributed by atoms with Crippen LogP contribution >= 0.6 is 0 Å². The third-order valence-corrected chi connectivity index (χ3v) is 3.72. The summed E-state index contributed by atoms with van der Waals surface area (Å²) >= 11 is 0. The Morgan fingerprint density at radius 3 is 2.43 bits per heavy atom. The van der Waals surface area contributed by atoms with E-state index in [2.05, 4.69) is 24.1 Å². The van der Waals surface area contributed by atoms with E-state index in [9.17, 15) is 4.79 Å². The Hall–Kier alpha value is -0.810. The Morgan fingerprint density at radius 1 is 1.38 bits per heavy atom. The zero-order valence-electron chi connectivity index (χ0n) is 14.3. The van der Waals surface area contributed by atoms with Crippen molar-refractivity contribution >= 4 is 6.09 Å². The molecule has 21 heavy (non-hydrogen) atoms. The Labute approximate surface area is 129 Å². The summed E-state index contributed by atoms with van der Waals surface area (Å²) in [7, 11) is 0. The normalized spacial score (nSPS) is 17.1. The smallest absolute Gasteiger partial charge is 0.407 e. The van der Waals surface area contributed by atoms with Gasteiger partial charge in [0.05, 0.1) is 0 Å². The van der Waals surface area contributed by atoms with Gasteiger partial charge in [0.2, 0.25) is 0 Å². The van der Waals surface area contributed by atoms with Crippen LogP contribution in [-0.2, 0) is 4.74 Å². The van der Waals surface area contributed by atoms with E-state index in [0.29, 0.717) is 25.2 Å². The van der Waals surface area contributed by atoms with Crippen LogP contribution in [0.3, 0.4) is 0 Å². The van der Waals surface area contributed by atoms with E-state index in [1.54, 1.807) is 0 Å². The highest BCUT2D eigenvalue weighted by Gasteiger charge is 2.29. The lowest BCUT2D eigenvalue weighted by atomic mass is 10.1. The molecule has 0 heterocycles. The van der Waals surface area contributed by atoms with E-state index in [4.69, 9.17) is 10.5 Å². The molecule has 0 spiro atoms. The average Bonchev–Trinajstić information content (AvgIpc) is 3.13. The SMILES string of the molecule is CC(C)N(CC1CC1)C(CN)CCNC(=O)OC(C)(C)C. The Bertz CT molecular complexity index is 322. The highest BCUT2D eigenvalue weighted by Crippen LogP contribution is 2.31. The zero-order valence-corrected chi connectivity index (χ0v) is 14.3. The van der Waals surface area contributed by atoms with Crippen molar-refractivity contribution in [2.24, 2.45) is 11.7 Å². The van der Waals surface area contributed by atoms with Crippen molar-refractivity contribution in [1.82, 2.24) is 10.2 Å². The van der Waals surface area contributed by atoms with E-state index < -0.39 is 5.60 Å². The molecular weight excluding hydrogens is 266 g/mol. The van der Waals surface area contributed by atoms with Crippen LogP contribution in [0.2, 0.25) is 0 Å². The van der Waals surface area contributed by atoms with Gasteiger partial charge in [-0.25, -0.2) is 4.79 Å². The molecule has 0 aliphatic heterocycles. The van der Waals surface area contributed by atoms with Gasteiger partial charge in [0.25, 0.3) is 0 Å². The van der Waals surface area contributed by atoms with Crippen LogP contribution in [0.4, 0.5) is 4.79 Å². The van der Waals surface area contributed by atoms with Crippen LogP contribution in [0.25, 0.3) is 0 Å². The van der Waals surface area contributed by atoms with E-state index in [1.807, 2.05) is 20.8 Å². The number of alkyl carbamates (subject to hydrolysis) is 1. The minimum atomic E-state index is -0.451. The number of rotatable bonds is 8. The van der Waals surface area contributed by atoms with Crippen LogP contribution in [0.15, 0.2) is 0 Å². The maximum Gasteiger partial charge on any atom is 0.407 e. The third-order valence-electron chi connectivity index (χ3n) is 3.72. The Kier molecular flexibility index (Phi) is 6.94. The molecule has 5 heteroatoms. The number of nitrogens with zero attached hydrogens (tertiary/aromatic N) is 1. The molecular formula is C16H33N3O2. The molecule has 0 aromatic carbocycles. The maximum absolute atomic E-state index is 11.6. The summed E-state index contributed by atoms with van der Waals surface area (Å²) in [6, 6.07) is 0.807. The van der Waals surface area contributed by atoms with Crippen LogP contribution in [-0.4, -0.2) is 48.3 Å². The molecule has 1 amide bonds. The van der Waals surface area contributed by atoms with Gasteiger partial charge in [-0.1, -0.05) is 0 Å². The van der Waals surface area contributed by atoms with Crippen molar-refractivity contribution in [2.75, 3.05) is 19.6 Å². The van der Waals surface area contributed by atoms with Gasteiger partial charge in [-0.15, -0.1) is 0 Å². The number of nitrogens with two attached hydrogens (primary N) is 1. The second-order valence-corrected chi connectivity index (χ2v) is 7.34. The number of carbonyl (C=O) groups excluding carboxylic acids is 1. The highest BCUT2D eigenvalue weighted by atomic mass is 16.6. The van der Waals surface area contributed by atoms with Crippen LogP contribution in [0, 0.1) is 5.92 Å². The van der Waals surface area contributed by atoms with Gasteiger partial charge < -0.3 is 15.8 Å². The summed E-state index contributed by atoms with van der Waals surface area (Å²) < 4.78 is 5.24. The average molecular weight is 299 g/mol. The van der Waals surface area contributed by atoms with Crippen molar-refractivity contribution in [3.8, 4) is 0 Å². The number of amides is 1. The molecule has 3 N–H and O–H groups in total. The summed E-state index contributed by atoms with van der Waals surface area (Å²) in [5.41, 5.74) is 5.49. The van der Waals surface area contributed by atoms with Crippen molar-refractivity contribution in [3.63, 3.8) is 0 Å². The van der Waals surface area contributed by atoms with Crippen LogP contribution < -0.4 is 11.1 Å². The monoisotopic (exact) mass is 299 g/mol. The quantitative estimate of drug-likeness (QED) is 0.722. The maximum atomic E-state index is 11.6. The van der Waals surface area contributed by atoms with Gasteiger partial charge in [-0.3, -0.25) is 4.90 Å². The molecule has 1 aliphatic rings. The third kappa shape index (κ3) is 7.67. The second-order valence-electron chi connectivity index (χ2n) is 7.34. The first kappa shape index (κ1) is 18.2. The molecule has 0 bridgehead atoms. The molecule has 0 radical (unpaired) electrons. The van der Waals surface area contributed by atoms with E-state index in [-0.39, 0.29) is 6.09 Å². The van der Waals surface area contributed by atoms with Gasteiger partial charge >= 0.3 is 6.09 Å². The number of carbonyl (C=O) groups is 1. The van der Waals surface area contributed by atoms with Gasteiger partial charge in [0.1, 0.15) is 5.60 Å². The first-order valence-electron chi connectivity index (χ1n) is 8.15. The lowest BCUT2D eigenvalue weighted by molar-refractivity contribution is 0.0519. The lowest BCUT2D eigenvalue weighted by Gasteiger charge is -2.34. The largest absolute Gasteiger partial charge is 0.444 e. The van der Waals surface area contributed by atoms with Crippen molar-refractivity contribution in [2.45, 2.75) is 71.6 Å². The fraction of sp³-hybridized carbons (Fsp3) is 0.938. The van der Waals surface area contributed by atoms with Gasteiger partial charge in [0.15, 0.2) is 0 Å². The summed E-state index contributed by atoms with van der Waals surface area (Å²) in [6.45, 7) is 12.4. The fourth-order valence-corrected chi connectivity index (χ4v) is 2.45. The number of nitrogens with one attached hydrogen (secondary N) is 1. The first-order chi connectivity index (χ1) is 9.73. The molecule has 1 rings (SSSR count). The van der Waals surface area contributed by atoms with E-state index in [1.165, 1.54) is 12.8 Å². The number of hydrogen-bond donors (Lipinski definition) is 2. The van der Waals surface area contributed by atoms with E-state index >= 15 is 0 Å². The minimum Gasteiger partial charge on any atom is -0.444 e. The number of hydrogen-bond acceptors (Lipinski definition) is 4. The molecule has 5 nitrogen and oxygen atoms in total. The minimum absolute atomic E-state index is 0.320. The van der Waals surface area contributed by atoms with Crippen molar-refractivity contribution in [3.05, 3.63) is 0 Å². The molecule has 1 atom stereocenters. The van der Waals surface area contributed by atoms with Gasteiger partial charge in [-0.2, -0.15) is 0 Å². The predicted octanol–water partition coefficient (Wildman–Crippen LogP) is 2.35. The summed E-state index contributed by atoms with van der Waals surface area (Å²) in [6.07, 6.45) is 3.20. The molecule has 1 fully saturated rings. The molecule has 0 saturated heterocycles. The Balaban J connectivity index is 2.36. The molecule has 124 valence electrons. The van der Waals surface area contributed by atoms with Crippen LogP contribution in [0.1, 0.15) is 53.9 Å². The zero-order chi connectivity index (χ0) is 16.0. The van der Waals surface area contributed by atoms with E-state index in [0.717, 1.165) is 18.9 Å². The van der Waals surface area contributed by atoms with Crippen molar-refractivity contribution < 1.29 is 9.53 Å². The van der Waals surface area contributed by atoms with Crippen molar-refractivity contribution in [1.29, 1.82) is 0 Å². The fourth-order valence-electron chi connectivity index (χ4n) is 2.45. The second kappa shape index (κ2) is 7.99.